The van der Waals surface area contributed by atoms with Crippen LogP contribution in [0.1, 0.15) is 211 Å². The monoisotopic (exact) mass is 2010 g/mol. The van der Waals surface area contributed by atoms with Gasteiger partial charge in [0.2, 0.25) is 11.8 Å². The SMILES string of the molecule is C.C.C.C.COC(=O)Cc1ccccc1CCc1nc(Cc2ccc(C3CN([B]C=O)C3)cc2)ncc1C(F)(F)F.NC(=O)Cc1ccccc1CCc1nc(Cc2ccc(C3CN([B]C=O)C3)cc2)ncc1C(F)(F)F.NC(=O)Cc1ccccc1CCc1nc(Cc2ccc(C3CNC3)cc2)ncc1C(F)(F)F.O=C[B]N1CC(c2ccc(Cc3ncc(C(F)(F)F)c(CCc4ccccc4CC(=O)O)n3)cc2)C1. The van der Waals surface area contributed by atoms with Crippen molar-refractivity contribution in [1.82, 2.24) is 59.6 Å². The number of aryl methyl sites for hydroxylation is 8. The number of hydrogen-bond acceptors (Lipinski definition) is 20. The molecule has 4 saturated heterocycles. The van der Waals surface area contributed by atoms with Crippen molar-refractivity contribution in [2.45, 2.75) is 181 Å². The van der Waals surface area contributed by atoms with E-state index in [4.69, 9.17) is 21.3 Å². The van der Waals surface area contributed by atoms with Crippen molar-refractivity contribution in [2.75, 3.05) is 59.5 Å². The van der Waals surface area contributed by atoms with E-state index < -0.39 is 70.7 Å². The maximum Gasteiger partial charge on any atom is 0.419 e. The molecule has 3 radical (unpaired) electrons. The van der Waals surface area contributed by atoms with E-state index in [-0.39, 0.29) is 123 Å². The summed E-state index contributed by atoms with van der Waals surface area (Å²) in [6.07, 6.45) is -10.0. The number of nitrogens with zero attached hydrogens (tertiary/aromatic N) is 11. The normalized spacial score (nSPS) is 13.8. The Morgan fingerprint density at radius 2 is 0.575 bits per heavy atom. The number of methoxy groups -OCH3 is 1. The minimum Gasteiger partial charge on any atom is -0.481 e. The Bertz CT molecular complexity index is 6160. The largest absolute Gasteiger partial charge is 0.481 e. The fourth-order valence-corrected chi connectivity index (χ4v) is 17.2. The van der Waals surface area contributed by atoms with Gasteiger partial charge in [0.15, 0.2) is 0 Å². The number of esters is 1. The average molecular weight is 2010 g/mol. The first-order chi connectivity index (χ1) is 68.0. The van der Waals surface area contributed by atoms with Crippen molar-refractivity contribution in [2.24, 2.45) is 11.5 Å². The maximum absolute atomic E-state index is 13.7. The van der Waals surface area contributed by atoms with Gasteiger partial charge in [-0.2, -0.15) is 52.7 Å². The van der Waals surface area contributed by atoms with E-state index in [0.29, 0.717) is 95.8 Å². The molecule has 4 aliphatic rings. The van der Waals surface area contributed by atoms with Crippen molar-refractivity contribution in [1.29, 1.82) is 0 Å². The number of alkyl halides is 12. The van der Waals surface area contributed by atoms with E-state index in [2.05, 4.69) is 57.3 Å². The fraction of sp³-hybridized carbons (Fsp3) is 0.343. The first kappa shape index (κ1) is 116. The highest BCUT2D eigenvalue weighted by Crippen LogP contribution is 2.39. The fourth-order valence-electron chi connectivity index (χ4n) is 17.2. The van der Waals surface area contributed by atoms with Gasteiger partial charge in [0, 0.05) is 87.2 Å². The molecule has 0 unspecified atom stereocenters. The van der Waals surface area contributed by atoms with Crippen molar-refractivity contribution in [3.63, 3.8) is 0 Å². The van der Waals surface area contributed by atoms with Crippen LogP contribution >= 0.6 is 0 Å². The smallest absolute Gasteiger partial charge is 0.419 e. The number of halogens is 12. The molecule has 23 nitrogen and oxygen atoms in total. The predicted molar refractivity (Wildman–Crippen MR) is 536 cm³/mol. The van der Waals surface area contributed by atoms with E-state index in [1.807, 2.05) is 99.4 Å². The number of aromatic nitrogens is 8. The Morgan fingerprint density at radius 3 is 0.781 bits per heavy atom. The second-order valence-electron chi connectivity index (χ2n) is 35.1. The minimum absolute atomic E-state index is 0. The molecule has 0 atom stereocenters. The molecule has 4 aromatic heterocycles. The molecular weight excluding hydrogens is 1900 g/mol. The molecule has 146 heavy (non-hydrogen) atoms. The summed E-state index contributed by atoms with van der Waals surface area (Å²) in [4.78, 5) is 116. The summed E-state index contributed by atoms with van der Waals surface area (Å²) in [5.74, 6) is 0.434. The van der Waals surface area contributed by atoms with E-state index in [0.717, 1.165) is 162 Å². The highest BCUT2D eigenvalue weighted by Gasteiger charge is 2.40. The predicted octanol–water partition coefficient (Wildman–Crippen LogP) is 16.7. The Morgan fingerprint density at radius 1 is 0.349 bits per heavy atom. The van der Waals surface area contributed by atoms with Crippen molar-refractivity contribution < 1.29 is 96.1 Å². The molecule has 765 valence electrons. The van der Waals surface area contributed by atoms with Crippen LogP contribution in [0.2, 0.25) is 0 Å². The third-order valence-corrected chi connectivity index (χ3v) is 25.1. The van der Waals surface area contributed by atoms with Gasteiger partial charge in [-0.05, 0) is 180 Å². The average Bonchev–Trinajstić information content (AvgIpc) is 0.807. The van der Waals surface area contributed by atoms with Crippen LogP contribution in [0.5, 0.6) is 0 Å². The van der Waals surface area contributed by atoms with Crippen LogP contribution in [0, 0.1) is 0 Å². The summed E-state index contributed by atoms with van der Waals surface area (Å²) in [7, 11) is 5.88. The maximum atomic E-state index is 13.7. The molecule has 16 rings (SSSR count). The Labute approximate surface area is 843 Å². The first-order valence-corrected chi connectivity index (χ1v) is 46.0. The van der Waals surface area contributed by atoms with Crippen molar-refractivity contribution in [3.8, 4) is 0 Å². The van der Waals surface area contributed by atoms with Crippen LogP contribution in [0.25, 0.3) is 0 Å². The van der Waals surface area contributed by atoms with E-state index in [1.165, 1.54) is 34.9 Å². The van der Waals surface area contributed by atoms with Crippen LogP contribution in [-0.2, 0) is 166 Å². The number of nitrogens with one attached hydrogen (secondary N) is 1. The van der Waals surface area contributed by atoms with Crippen molar-refractivity contribution >= 4 is 64.6 Å². The number of carboxylic acid groups (broad SMARTS) is 1. The molecule has 12 aromatic rings. The van der Waals surface area contributed by atoms with Crippen LogP contribution < -0.4 is 16.8 Å². The van der Waals surface area contributed by atoms with Gasteiger partial charge >= 0.3 is 36.6 Å². The lowest BCUT2D eigenvalue weighted by atomic mass is 9.81. The van der Waals surface area contributed by atoms with E-state index >= 15 is 0 Å². The number of amides is 2. The van der Waals surface area contributed by atoms with Crippen LogP contribution in [0.4, 0.5) is 52.7 Å². The molecule has 0 spiro atoms. The number of carbonyl (C=O) groups is 7. The Balaban J connectivity index is 0.000000215. The van der Waals surface area contributed by atoms with Gasteiger partial charge in [0.25, 0.3) is 22.2 Å². The number of aliphatic carboxylic acids is 1. The molecule has 8 heterocycles. The zero-order valence-corrected chi connectivity index (χ0v) is 77.4. The standard InChI is InChI=1S/C27H26BF3N3O3.C26H25BF3N4O2.C26H24BF3N3O3.C25H25F3N4O.4CH4/c1-37-26(36)13-21-5-3-2-4-19(21)10-11-24-23(27(29,30)31)14-32-25(33-24)12-18-6-8-20(9-7-18)22-15-34(16-22)28-17-35;28-26(29,30)22-13-32-25(11-17-5-7-19(8-6-17)21-14-34(15-21)27-16-35)33-23(22)10-9-18-3-1-2-4-20(18)12-24(31)36;28-26(29,30)22-13-31-24(11-17-5-7-19(8-6-17)21-14-33(15-21)27-16-34)32-23(22)10-9-18-3-1-2-4-20(18)12-25(35)36;26-25(27,28)21-15-31-24(11-16-5-7-18(8-6-16)20-13-30-14-20)32-22(21)10-9-17-3-1-2-4-19(17)12-23(29)33;;;;/h2-9,14,17,22H,10-13,15-16H2,1H3;1-8,13,16,21H,9-12,14-15H2,(H2,31,36);1-8,13,16,21H,9-12,14-15H2,(H,35,36);1-8,15,20,30H,9-14H2,(H2,29,33);4*1H4. The minimum atomic E-state index is -4.59. The molecule has 2 amide bonds. The summed E-state index contributed by atoms with van der Waals surface area (Å²) >= 11 is 0. The number of hydrogen-bond donors (Lipinski definition) is 4. The van der Waals surface area contributed by atoms with E-state index in [9.17, 15) is 86.2 Å². The lowest BCUT2D eigenvalue weighted by molar-refractivity contribution is -0.140. The van der Waals surface area contributed by atoms with Gasteiger partial charge in [-0.15, -0.1) is 0 Å². The Kier molecular flexibility index (Phi) is 42.7. The van der Waals surface area contributed by atoms with Crippen LogP contribution in [0.15, 0.2) is 219 Å². The molecule has 38 heteroatoms. The van der Waals surface area contributed by atoms with Crippen molar-refractivity contribution in [3.05, 3.63) is 376 Å². The van der Waals surface area contributed by atoms with Crippen LogP contribution in [0.3, 0.4) is 0 Å². The molecule has 0 bridgehead atoms. The van der Waals surface area contributed by atoms with Gasteiger partial charge in [-0.25, -0.2) is 39.9 Å². The molecule has 4 fully saturated rings. The molecule has 8 aromatic carbocycles. The number of carboxylic acids is 1. The number of ether oxygens (including phenoxy) is 1. The zero-order valence-electron chi connectivity index (χ0n) is 77.4. The topological polar surface area (TPSA) is 326 Å². The molecule has 4 aliphatic heterocycles. The number of benzene rings is 8. The van der Waals surface area contributed by atoms with Gasteiger partial charge in [-0.3, -0.25) is 19.2 Å². The summed E-state index contributed by atoms with van der Waals surface area (Å²) in [5, 5.41) is 12.4. The lowest BCUT2D eigenvalue weighted by Crippen LogP contribution is -2.47. The molecule has 0 saturated carbocycles. The zero-order chi connectivity index (χ0) is 101. The summed E-state index contributed by atoms with van der Waals surface area (Å²) in [6, 6.07) is 59.8. The summed E-state index contributed by atoms with van der Waals surface area (Å²) < 4.78 is 168. The van der Waals surface area contributed by atoms with Gasteiger partial charge < -0.3 is 55.4 Å². The third-order valence-electron chi connectivity index (χ3n) is 25.1. The Hall–Kier alpha value is -13.8. The molecule has 0 aliphatic carbocycles. The number of primary amides is 2. The lowest BCUT2D eigenvalue weighted by Gasteiger charge is -2.38. The van der Waals surface area contributed by atoms with Gasteiger partial charge in [-0.1, -0.05) is 224 Å². The number of nitrogens with two attached hydrogens (primary N) is 2. The van der Waals surface area contributed by atoms with Gasteiger partial charge in [0.05, 0.1) is 96.4 Å². The molecule has 6 N–H and O–H groups in total. The van der Waals surface area contributed by atoms with E-state index in [1.54, 1.807) is 97.1 Å². The third kappa shape index (κ3) is 33.4. The summed E-state index contributed by atoms with van der Waals surface area (Å²) in [6.45, 7) is 6.62. The second kappa shape index (κ2) is 53.8. The first-order valence-electron chi connectivity index (χ1n) is 46.0. The second-order valence-corrected chi connectivity index (χ2v) is 35.1. The number of rotatable bonds is 38. The van der Waals surface area contributed by atoms with Gasteiger partial charge in [0.1, 0.15) is 23.3 Å². The highest BCUT2D eigenvalue weighted by molar-refractivity contribution is 6.65. The highest BCUT2D eigenvalue weighted by atomic mass is 19.4. The summed E-state index contributed by atoms with van der Waals surface area (Å²) in [5.41, 5.74) is 21.0. The quantitative estimate of drug-likeness (QED) is 0.0121. The van der Waals surface area contributed by atoms with Crippen LogP contribution in [-0.4, -0.2) is 183 Å². The molecular formula is C108H116B3F12N14O9. The number of carbonyl (C=O) groups excluding carboxylic acids is 6.